The van der Waals surface area contributed by atoms with Crippen LogP contribution in [0.4, 0.5) is 0 Å². The summed E-state index contributed by atoms with van der Waals surface area (Å²) >= 11 is 0. The quantitative estimate of drug-likeness (QED) is 0.164. The van der Waals surface area contributed by atoms with Gasteiger partial charge in [0.2, 0.25) is 0 Å². The van der Waals surface area contributed by atoms with Crippen molar-refractivity contribution in [3.63, 3.8) is 0 Å². The predicted molar refractivity (Wildman–Crippen MR) is 170 cm³/mol. The highest BCUT2D eigenvalue weighted by Crippen LogP contribution is 2.76. The van der Waals surface area contributed by atoms with E-state index in [2.05, 4.69) is 54.5 Å². The molecule has 7 N–H and O–H groups in total. The first-order valence-electron chi connectivity index (χ1n) is 17.4. The molecule has 16 atom stereocenters. The van der Waals surface area contributed by atoms with Crippen LogP contribution in [0.25, 0.3) is 0 Å². The molecule has 9 nitrogen and oxygen atoms in total. The van der Waals surface area contributed by atoms with Gasteiger partial charge in [0.1, 0.15) is 24.4 Å². The number of rotatable bonds is 7. The zero-order valence-electron chi connectivity index (χ0n) is 28.8. The van der Waals surface area contributed by atoms with E-state index >= 15 is 0 Å². The summed E-state index contributed by atoms with van der Waals surface area (Å²) in [6.07, 6.45) is -0.603. The molecule has 1 heterocycles. The molecule has 0 radical (unpaired) electrons. The van der Waals surface area contributed by atoms with Gasteiger partial charge in [0.25, 0.3) is 0 Å². The van der Waals surface area contributed by atoms with Crippen LogP contribution in [0.1, 0.15) is 107 Å². The fraction of sp³-hybridized carbons (Fsp3) is 0.944. The molecular weight excluding hydrogens is 576 g/mol. The lowest BCUT2D eigenvalue weighted by atomic mass is 9.34. The van der Waals surface area contributed by atoms with Crippen LogP contribution >= 0.6 is 0 Å². The minimum absolute atomic E-state index is 0.0548. The first-order chi connectivity index (χ1) is 20.8. The topological polar surface area (TPSA) is 160 Å². The second-order valence-electron chi connectivity index (χ2n) is 17.5. The predicted octanol–water partition coefficient (Wildman–Crippen LogP) is 3.30. The van der Waals surface area contributed by atoms with Gasteiger partial charge in [-0.1, -0.05) is 46.3 Å². The Bertz CT molecular complexity index is 1100. The highest BCUT2D eigenvalue weighted by Gasteiger charge is 2.73. The molecule has 260 valence electrons. The van der Waals surface area contributed by atoms with E-state index in [1.165, 1.54) is 5.57 Å². The molecule has 0 aromatic rings. The van der Waals surface area contributed by atoms with E-state index in [4.69, 9.17) is 9.47 Å². The summed E-state index contributed by atoms with van der Waals surface area (Å²) in [5, 5.41) is 77.2. The van der Waals surface area contributed by atoms with Gasteiger partial charge in [0, 0.05) is 0 Å². The Morgan fingerprint density at radius 3 is 2.22 bits per heavy atom. The Hall–Kier alpha value is -0.620. The Labute approximate surface area is 270 Å². The SMILES string of the molecule is CC(C)=CCC[C@](C)(O)[C@H]1CC[C@]2(C)[C@@H]1[C@H](O)C[C@H]1[C@@]3(C)CC[C@H](O)C(C)(C)[C@@H]3[C@@H](O[C@@H]3O[C@H](CO)[C@@H](O)[C@H](O)[C@H]3O)C[C@]12C. The van der Waals surface area contributed by atoms with Gasteiger partial charge >= 0.3 is 0 Å². The van der Waals surface area contributed by atoms with Crippen molar-refractivity contribution in [1.82, 2.24) is 0 Å². The molecule has 0 bridgehead atoms. The van der Waals surface area contributed by atoms with Crippen molar-refractivity contribution in [1.29, 1.82) is 0 Å². The molecule has 0 aromatic heterocycles. The van der Waals surface area contributed by atoms with Crippen molar-refractivity contribution in [3.8, 4) is 0 Å². The maximum atomic E-state index is 12.1. The maximum absolute atomic E-state index is 12.1. The molecule has 1 aliphatic heterocycles. The van der Waals surface area contributed by atoms with E-state index < -0.39 is 66.6 Å². The second kappa shape index (κ2) is 12.1. The van der Waals surface area contributed by atoms with Gasteiger partial charge in [-0.05, 0) is 117 Å². The molecule has 5 fully saturated rings. The first-order valence-corrected chi connectivity index (χ1v) is 17.4. The first kappa shape index (κ1) is 35.7. The Balaban J connectivity index is 1.54. The monoisotopic (exact) mass is 638 g/mol. The third-order valence-corrected chi connectivity index (χ3v) is 14.4. The number of fused-ring (bicyclic) bond motifs is 5. The molecule has 4 saturated carbocycles. The minimum Gasteiger partial charge on any atom is -0.394 e. The smallest absolute Gasteiger partial charge is 0.186 e. The average Bonchev–Trinajstić information content (AvgIpc) is 3.33. The number of aliphatic hydroxyl groups is 7. The molecule has 0 spiro atoms. The fourth-order valence-corrected chi connectivity index (χ4v) is 11.9. The van der Waals surface area contributed by atoms with Gasteiger partial charge in [0.15, 0.2) is 6.29 Å². The second-order valence-corrected chi connectivity index (χ2v) is 17.5. The van der Waals surface area contributed by atoms with E-state index in [9.17, 15) is 35.7 Å². The van der Waals surface area contributed by atoms with Crippen LogP contribution in [-0.4, -0.2) is 97.0 Å². The number of ether oxygens (including phenoxy) is 2. The van der Waals surface area contributed by atoms with Crippen molar-refractivity contribution in [2.45, 2.75) is 161 Å². The number of aliphatic hydroxyl groups excluding tert-OH is 6. The molecule has 4 aliphatic carbocycles. The number of hydrogen-bond donors (Lipinski definition) is 7. The third-order valence-electron chi connectivity index (χ3n) is 14.4. The zero-order valence-corrected chi connectivity index (χ0v) is 28.8. The Kier molecular flexibility index (Phi) is 9.56. The van der Waals surface area contributed by atoms with Crippen molar-refractivity contribution < 1.29 is 45.2 Å². The molecule has 1 saturated heterocycles. The van der Waals surface area contributed by atoms with Gasteiger partial charge in [-0.3, -0.25) is 0 Å². The largest absolute Gasteiger partial charge is 0.394 e. The highest BCUT2D eigenvalue weighted by atomic mass is 16.7. The van der Waals surface area contributed by atoms with Crippen LogP contribution in [0.3, 0.4) is 0 Å². The summed E-state index contributed by atoms with van der Waals surface area (Å²) in [5.74, 6) is -0.186. The van der Waals surface area contributed by atoms with Crippen LogP contribution in [0.2, 0.25) is 0 Å². The summed E-state index contributed by atoms with van der Waals surface area (Å²) in [7, 11) is 0. The lowest BCUT2D eigenvalue weighted by Gasteiger charge is -2.72. The van der Waals surface area contributed by atoms with Crippen molar-refractivity contribution in [2.24, 2.45) is 45.3 Å². The van der Waals surface area contributed by atoms with Gasteiger partial charge in [0.05, 0.1) is 30.5 Å². The summed E-state index contributed by atoms with van der Waals surface area (Å²) in [6, 6.07) is 0. The molecule has 9 heteroatoms. The van der Waals surface area contributed by atoms with Crippen LogP contribution in [0.15, 0.2) is 11.6 Å². The lowest BCUT2D eigenvalue weighted by Crippen LogP contribution is -2.71. The van der Waals surface area contributed by atoms with Crippen molar-refractivity contribution in [2.75, 3.05) is 6.61 Å². The van der Waals surface area contributed by atoms with E-state index in [-0.39, 0.29) is 39.9 Å². The summed E-state index contributed by atoms with van der Waals surface area (Å²) in [6.45, 7) is 16.6. The third kappa shape index (κ3) is 5.48. The van der Waals surface area contributed by atoms with Crippen LogP contribution in [0.5, 0.6) is 0 Å². The standard InChI is InChI=1S/C36H62O9/c1-19(2)10-9-13-36(8,43)20-11-15-34(6)26(20)21(38)16-24-33(5)14-12-25(39)32(3,4)30(33)22(17-35(24,34)7)44-31-29(42)28(41)27(40)23(18-37)45-31/h10,20-31,37-43H,9,11-18H2,1-8H3/t20-,21+,22-,23+,24-,25-,26-,27+,28-,29+,30-,31+,33+,34+,35+,36-/m0/s1. The number of allylic oxidation sites excluding steroid dienone is 2. The fourth-order valence-electron chi connectivity index (χ4n) is 11.9. The molecule has 0 unspecified atom stereocenters. The van der Waals surface area contributed by atoms with Crippen LogP contribution < -0.4 is 0 Å². The molecule has 5 aliphatic rings. The lowest BCUT2D eigenvalue weighted by molar-refractivity contribution is -0.346. The summed E-state index contributed by atoms with van der Waals surface area (Å²) in [5.41, 5.74) is -1.21. The van der Waals surface area contributed by atoms with E-state index in [1.807, 2.05) is 6.92 Å². The maximum Gasteiger partial charge on any atom is 0.186 e. The van der Waals surface area contributed by atoms with Gasteiger partial charge in [-0.25, -0.2) is 0 Å². The van der Waals surface area contributed by atoms with E-state index in [0.29, 0.717) is 25.7 Å². The summed E-state index contributed by atoms with van der Waals surface area (Å²) < 4.78 is 12.6. The Morgan fingerprint density at radius 2 is 1.60 bits per heavy atom. The average molecular weight is 639 g/mol. The molecule has 45 heavy (non-hydrogen) atoms. The molecule has 0 amide bonds. The van der Waals surface area contributed by atoms with Gasteiger partial charge in [-0.2, -0.15) is 0 Å². The molecule has 5 rings (SSSR count). The summed E-state index contributed by atoms with van der Waals surface area (Å²) in [4.78, 5) is 0. The van der Waals surface area contributed by atoms with Gasteiger partial charge in [-0.15, -0.1) is 0 Å². The minimum atomic E-state index is -1.54. The zero-order chi connectivity index (χ0) is 33.5. The van der Waals surface area contributed by atoms with Crippen molar-refractivity contribution >= 4 is 0 Å². The van der Waals surface area contributed by atoms with Crippen LogP contribution in [0, 0.1) is 45.3 Å². The highest BCUT2D eigenvalue weighted by molar-refractivity contribution is 5.22. The van der Waals surface area contributed by atoms with E-state index in [0.717, 1.165) is 25.7 Å². The number of hydrogen-bond acceptors (Lipinski definition) is 9. The molecule has 0 aromatic carbocycles. The van der Waals surface area contributed by atoms with Crippen molar-refractivity contribution in [3.05, 3.63) is 11.6 Å². The Morgan fingerprint density at radius 1 is 0.933 bits per heavy atom. The molecular formula is C36H62O9. The van der Waals surface area contributed by atoms with Crippen LogP contribution in [-0.2, 0) is 9.47 Å². The van der Waals surface area contributed by atoms with E-state index in [1.54, 1.807) is 0 Å². The van der Waals surface area contributed by atoms with Gasteiger partial charge < -0.3 is 45.2 Å². The normalized spacial score (nSPS) is 52.2.